The Labute approximate surface area is 350 Å². The normalized spacial score (nSPS) is 17.5. The van der Waals surface area contributed by atoms with E-state index in [1.165, 1.54) is 24.3 Å². The number of azo groups is 1. The molecule has 4 aromatic rings. The highest BCUT2D eigenvalue weighted by molar-refractivity contribution is 8.04. The molecule has 312 valence electrons. The summed E-state index contributed by atoms with van der Waals surface area (Å²) in [5.41, 5.74) is 1.78. The van der Waals surface area contributed by atoms with Crippen LogP contribution >= 0.6 is 11.8 Å². The van der Waals surface area contributed by atoms with E-state index in [-0.39, 0.29) is 17.1 Å². The van der Waals surface area contributed by atoms with Crippen LogP contribution in [0.3, 0.4) is 0 Å². The van der Waals surface area contributed by atoms with Gasteiger partial charge in [-0.3, -0.25) is 34.1 Å². The first-order valence-electron chi connectivity index (χ1n) is 18.6. The van der Waals surface area contributed by atoms with E-state index in [0.717, 1.165) is 45.0 Å². The summed E-state index contributed by atoms with van der Waals surface area (Å²) >= 11 is 1.07. The second kappa shape index (κ2) is 20.2. The third kappa shape index (κ3) is 11.0. The number of hydrogen-bond donors (Lipinski definition) is 1. The van der Waals surface area contributed by atoms with E-state index in [0.29, 0.717) is 22.8 Å². The predicted molar refractivity (Wildman–Crippen MR) is 220 cm³/mol. The maximum absolute atomic E-state index is 15.5. The number of non-ortho nitro benzene ring substituents is 1. The molecule has 5 rings (SSSR count). The van der Waals surface area contributed by atoms with Crippen LogP contribution in [0.15, 0.2) is 136 Å². The molecule has 1 N–H and O–H groups in total. The molecule has 0 aromatic heterocycles. The number of amides is 1. The summed E-state index contributed by atoms with van der Waals surface area (Å²) in [6, 6.07) is 31.9. The number of nitro groups is 1. The molecule has 4 aromatic carbocycles. The van der Waals surface area contributed by atoms with Gasteiger partial charge in [0, 0.05) is 59.1 Å². The van der Waals surface area contributed by atoms with Gasteiger partial charge in [0.15, 0.2) is 18.3 Å². The van der Waals surface area contributed by atoms with E-state index in [2.05, 4.69) is 10.4 Å². The number of rotatable bonds is 17. The van der Waals surface area contributed by atoms with Crippen LogP contribution in [0.1, 0.15) is 38.8 Å². The van der Waals surface area contributed by atoms with E-state index in [9.17, 15) is 29.3 Å². The lowest BCUT2D eigenvalue weighted by molar-refractivity contribution is -0.384. The highest BCUT2D eigenvalue weighted by Crippen LogP contribution is 2.60. The summed E-state index contributed by atoms with van der Waals surface area (Å²) < 4.78 is 21.1. The van der Waals surface area contributed by atoms with Gasteiger partial charge in [-0.15, -0.1) is 0 Å². The van der Waals surface area contributed by atoms with Crippen molar-refractivity contribution < 1.29 is 47.8 Å². The molecule has 0 bridgehead atoms. The topological polar surface area (TPSA) is 205 Å². The van der Waals surface area contributed by atoms with Crippen molar-refractivity contribution in [2.24, 2.45) is 16.1 Å². The fourth-order valence-corrected chi connectivity index (χ4v) is 8.27. The molecule has 1 aliphatic heterocycles. The standard InChI is InChI=1S/C43H43N5O11S/c1-27(49)56-26-36(57-28(2)50)39(58-29(3)51)40(59-30(4)52)37-38(46-45-34-19-13-8-14-20-34)41(47(5)25-31-15-9-6-10-16-31)60-43(37,32-17-11-7-12-18-32)42(53)44-33-21-23-35(24-22-33)48(54)55/h6-24,36-37,39-40H,25-26H2,1-5H3,(H,44,53)/t36-,37-,39-,40-,43+/m1/s1. The van der Waals surface area contributed by atoms with Crippen molar-refractivity contribution in [3.63, 3.8) is 0 Å². The van der Waals surface area contributed by atoms with E-state index >= 15 is 4.79 Å². The number of hydrogen-bond acceptors (Lipinski definition) is 15. The van der Waals surface area contributed by atoms with E-state index in [1.807, 2.05) is 35.2 Å². The molecule has 0 saturated carbocycles. The van der Waals surface area contributed by atoms with Gasteiger partial charge in [0.1, 0.15) is 17.1 Å². The maximum atomic E-state index is 15.5. The lowest BCUT2D eigenvalue weighted by Crippen LogP contribution is -2.56. The van der Waals surface area contributed by atoms with Crippen LogP contribution in [0.25, 0.3) is 0 Å². The summed E-state index contributed by atoms with van der Waals surface area (Å²) in [5.74, 6) is -5.50. The molecule has 0 fully saturated rings. The Bertz CT molecular complexity index is 2240. The van der Waals surface area contributed by atoms with Gasteiger partial charge in [0.05, 0.1) is 21.6 Å². The van der Waals surface area contributed by atoms with Crippen molar-refractivity contribution in [3.05, 3.63) is 147 Å². The zero-order valence-corrected chi connectivity index (χ0v) is 34.2. The third-order valence-corrected chi connectivity index (χ3v) is 10.8. The Hall–Kier alpha value is -6.88. The number of ether oxygens (including phenoxy) is 4. The first kappa shape index (κ1) is 44.2. The molecule has 5 atom stereocenters. The van der Waals surface area contributed by atoms with Crippen molar-refractivity contribution in [2.75, 3.05) is 19.0 Å². The molecule has 0 aliphatic carbocycles. The first-order valence-corrected chi connectivity index (χ1v) is 19.4. The fraction of sp³-hybridized carbons (Fsp3) is 0.279. The summed E-state index contributed by atoms with van der Waals surface area (Å²) in [5, 5.41) is 24.2. The molecule has 0 saturated heterocycles. The highest BCUT2D eigenvalue weighted by Gasteiger charge is 2.63. The number of nitro benzene ring substituents is 1. The van der Waals surface area contributed by atoms with Gasteiger partial charge >= 0.3 is 23.9 Å². The van der Waals surface area contributed by atoms with Crippen LogP contribution in [0, 0.1) is 16.0 Å². The Morgan fingerprint density at radius 2 is 1.33 bits per heavy atom. The smallest absolute Gasteiger partial charge is 0.303 e. The number of nitrogens with zero attached hydrogens (tertiary/aromatic N) is 4. The number of carbonyl (C=O) groups excluding carboxylic acids is 5. The van der Waals surface area contributed by atoms with Gasteiger partial charge < -0.3 is 29.2 Å². The number of anilines is 1. The molecule has 1 amide bonds. The van der Waals surface area contributed by atoms with Crippen molar-refractivity contribution in [1.29, 1.82) is 0 Å². The summed E-state index contributed by atoms with van der Waals surface area (Å²) in [4.78, 5) is 79.5. The third-order valence-electron chi connectivity index (χ3n) is 9.12. The van der Waals surface area contributed by atoms with Crippen LogP contribution < -0.4 is 5.32 Å². The van der Waals surface area contributed by atoms with E-state index in [4.69, 9.17) is 24.1 Å². The van der Waals surface area contributed by atoms with Crippen molar-refractivity contribution in [3.8, 4) is 0 Å². The molecular weight excluding hydrogens is 795 g/mol. The van der Waals surface area contributed by atoms with Crippen LogP contribution in [0.4, 0.5) is 17.1 Å². The Morgan fingerprint density at radius 3 is 1.88 bits per heavy atom. The molecule has 0 spiro atoms. The van der Waals surface area contributed by atoms with E-state index in [1.54, 1.807) is 67.7 Å². The average molecular weight is 838 g/mol. The summed E-state index contributed by atoms with van der Waals surface area (Å²) in [7, 11) is 1.78. The van der Waals surface area contributed by atoms with Gasteiger partial charge in [-0.05, 0) is 35.4 Å². The van der Waals surface area contributed by atoms with Gasteiger partial charge in [0.2, 0.25) is 5.91 Å². The van der Waals surface area contributed by atoms with Crippen molar-refractivity contribution >= 4 is 58.6 Å². The lowest BCUT2D eigenvalue weighted by Gasteiger charge is -2.41. The first-order chi connectivity index (χ1) is 28.7. The zero-order chi connectivity index (χ0) is 43.4. The summed E-state index contributed by atoms with van der Waals surface area (Å²) in [6.07, 6.45) is -5.01. The molecular formula is C43H43N5O11S. The fourth-order valence-electron chi connectivity index (χ4n) is 6.70. The Morgan fingerprint density at radius 1 is 0.767 bits per heavy atom. The number of carbonyl (C=O) groups is 5. The van der Waals surface area contributed by atoms with Crippen LogP contribution in [0.2, 0.25) is 0 Å². The van der Waals surface area contributed by atoms with Crippen molar-refractivity contribution in [1.82, 2.24) is 4.90 Å². The lowest BCUT2D eigenvalue weighted by atomic mass is 9.76. The summed E-state index contributed by atoms with van der Waals surface area (Å²) in [6.45, 7) is 4.09. The van der Waals surface area contributed by atoms with Crippen LogP contribution in [-0.2, 0) is 54.2 Å². The minimum absolute atomic E-state index is 0.113. The molecule has 1 heterocycles. The number of nitrogens with one attached hydrogen (secondary N) is 1. The maximum Gasteiger partial charge on any atom is 0.303 e. The Balaban J connectivity index is 1.87. The average Bonchev–Trinajstić information content (AvgIpc) is 3.57. The zero-order valence-electron chi connectivity index (χ0n) is 33.4. The number of thioether (sulfide) groups is 1. The van der Waals surface area contributed by atoms with Gasteiger partial charge in [-0.1, -0.05) is 90.6 Å². The molecule has 0 unspecified atom stereocenters. The van der Waals surface area contributed by atoms with E-state index < -0.39 is 70.3 Å². The quantitative estimate of drug-likeness (QED) is 0.0367. The van der Waals surface area contributed by atoms with Gasteiger partial charge in [-0.2, -0.15) is 10.2 Å². The van der Waals surface area contributed by atoms with Gasteiger partial charge in [-0.25, -0.2) is 0 Å². The largest absolute Gasteiger partial charge is 0.462 e. The molecule has 17 heteroatoms. The minimum Gasteiger partial charge on any atom is -0.462 e. The minimum atomic E-state index is -1.89. The number of esters is 4. The van der Waals surface area contributed by atoms with Crippen LogP contribution in [0.5, 0.6) is 0 Å². The van der Waals surface area contributed by atoms with Crippen LogP contribution in [-0.4, -0.2) is 71.6 Å². The monoisotopic (exact) mass is 837 g/mol. The Kier molecular flexibility index (Phi) is 14.9. The van der Waals surface area contributed by atoms with Gasteiger partial charge in [0.25, 0.3) is 5.69 Å². The second-order valence-corrected chi connectivity index (χ2v) is 14.8. The highest BCUT2D eigenvalue weighted by atomic mass is 32.2. The molecule has 16 nitrogen and oxygen atoms in total. The molecule has 0 radical (unpaired) electrons. The number of benzene rings is 4. The molecule has 60 heavy (non-hydrogen) atoms. The van der Waals surface area contributed by atoms with Crippen molar-refractivity contribution in [2.45, 2.75) is 57.3 Å². The second-order valence-electron chi connectivity index (χ2n) is 13.6. The predicted octanol–water partition coefficient (Wildman–Crippen LogP) is 7.24. The SMILES string of the molecule is CC(=O)OC[C@@H](OC(C)=O)[C@@H](OC(C)=O)[C@H](OC(C)=O)[C@H]1C(N=Nc2ccccc2)=C(N(C)Cc2ccccc2)S[C@@]1(C(=O)Nc1ccc([N+](=O)[O-])cc1)c1ccccc1. The molecule has 1 aliphatic rings.